The van der Waals surface area contributed by atoms with E-state index in [1.54, 1.807) is 6.08 Å². The predicted molar refractivity (Wildman–Crippen MR) is 108 cm³/mol. The first-order valence-electron chi connectivity index (χ1n) is 11.2. The lowest BCUT2D eigenvalue weighted by Crippen LogP contribution is -2.60. The predicted octanol–water partition coefficient (Wildman–Crippen LogP) is 3.54. The monoisotopic (exact) mass is 440 g/mol. The number of carbonyl (C=O) groups is 3. The Balaban J connectivity index is 1.55. The molecule has 1 aliphatic heterocycles. The maximum Gasteiger partial charge on any atom is 0.415 e. The number of halogens is 3. The molecule has 172 valence electrons. The summed E-state index contributed by atoms with van der Waals surface area (Å²) >= 11 is 0. The van der Waals surface area contributed by atoms with E-state index in [1.165, 1.54) is 0 Å². The van der Waals surface area contributed by atoms with Gasteiger partial charge in [0.1, 0.15) is 0 Å². The van der Waals surface area contributed by atoms with Crippen molar-refractivity contribution in [1.82, 2.24) is 10.6 Å². The zero-order chi connectivity index (χ0) is 22.8. The summed E-state index contributed by atoms with van der Waals surface area (Å²) in [6.07, 6.45) is 3.70. The second-order valence-corrected chi connectivity index (χ2v) is 10.5. The Morgan fingerprint density at radius 3 is 2.48 bits per heavy atom. The van der Waals surface area contributed by atoms with Crippen LogP contribution in [0.25, 0.3) is 0 Å². The summed E-state index contributed by atoms with van der Waals surface area (Å²) in [6.45, 7) is 5.11. The van der Waals surface area contributed by atoms with Crippen LogP contribution in [0.1, 0.15) is 59.3 Å². The summed E-state index contributed by atoms with van der Waals surface area (Å²) in [5.41, 5.74) is -0.502. The molecule has 4 rings (SSSR count). The molecule has 8 atom stereocenters. The summed E-state index contributed by atoms with van der Waals surface area (Å²) in [5, 5.41) is 5.12. The number of fused-ring (bicyclic) bond motifs is 5. The van der Waals surface area contributed by atoms with Crippen LogP contribution >= 0.6 is 0 Å². The minimum Gasteiger partial charge on any atom is -0.349 e. The van der Waals surface area contributed by atoms with E-state index in [9.17, 15) is 27.6 Å². The van der Waals surface area contributed by atoms with Crippen molar-refractivity contribution in [2.45, 2.75) is 77.6 Å². The first kappa shape index (κ1) is 22.3. The number of amides is 2. The van der Waals surface area contributed by atoms with Gasteiger partial charge in [0.25, 0.3) is 0 Å². The van der Waals surface area contributed by atoms with Crippen LogP contribution in [-0.4, -0.2) is 35.9 Å². The second-order valence-electron chi connectivity index (χ2n) is 10.5. The largest absolute Gasteiger partial charge is 0.415 e. The SMILES string of the molecule is CC(=O)C(NC(=O)[C@@H]1CC[C@@H]2[C@H]3CC[C@H]4NC(=O)C=C[C@]4(C)[C@@H]3CC[C@]21C)C(F)(F)F. The van der Waals surface area contributed by atoms with E-state index in [0.717, 1.165) is 39.0 Å². The standard InChI is InChI=1S/C23H31F3N2O3/c1-12(29)19(23(24,25)26)28-20(31)16-6-5-14-13-4-7-17-22(3,11-9-18(30)27-17)15(13)8-10-21(14,16)2/h9,11,13-17,19H,4-8,10H2,1-3H3,(H,27,30)(H,28,31)/t13-,14-,15-,16+,17-,19?,21-,22-/m1/s1. The summed E-state index contributed by atoms with van der Waals surface area (Å²) < 4.78 is 39.7. The highest BCUT2D eigenvalue weighted by Crippen LogP contribution is 2.65. The Morgan fingerprint density at radius 2 is 1.84 bits per heavy atom. The van der Waals surface area contributed by atoms with E-state index in [2.05, 4.69) is 25.2 Å². The maximum atomic E-state index is 13.2. The first-order chi connectivity index (χ1) is 14.4. The van der Waals surface area contributed by atoms with Gasteiger partial charge in [0.2, 0.25) is 11.8 Å². The van der Waals surface area contributed by atoms with Gasteiger partial charge in [-0.05, 0) is 74.7 Å². The van der Waals surface area contributed by atoms with Crippen molar-refractivity contribution in [2.75, 3.05) is 0 Å². The van der Waals surface area contributed by atoms with Gasteiger partial charge < -0.3 is 10.6 Å². The molecule has 8 heteroatoms. The molecule has 0 bridgehead atoms. The van der Waals surface area contributed by atoms with Gasteiger partial charge in [0.05, 0.1) is 0 Å². The van der Waals surface area contributed by atoms with Gasteiger partial charge in [-0.2, -0.15) is 13.2 Å². The van der Waals surface area contributed by atoms with Crippen molar-refractivity contribution in [3.05, 3.63) is 12.2 Å². The van der Waals surface area contributed by atoms with Gasteiger partial charge in [-0.15, -0.1) is 0 Å². The number of Topliss-reactive ketones (excluding diaryl/α,β-unsaturated/α-hetero) is 1. The molecule has 3 saturated carbocycles. The summed E-state index contributed by atoms with van der Waals surface area (Å²) in [4.78, 5) is 36.3. The number of rotatable bonds is 3. The van der Waals surface area contributed by atoms with E-state index in [1.807, 2.05) is 5.32 Å². The van der Waals surface area contributed by atoms with Crippen molar-refractivity contribution in [2.24, 2.45) is 34.5 Å². The molecule has 3 aliphatic carbocycles. The molecule has 1 heterocycles. The lowest BCUT2D eigenvalue weighted by molar-refractivity contribution is -0.171. The zero-order valence-corrected chi connectivity index (χ0v) is 18.2. The third-order valence-corrected chi connectivity index (χ3v) is 9.02. The summed E-state index contributed by atoms with van der Waals surface area (Å²) in [6, 6.07) is -2.33. The molecule has 0 spiro atoms. The Labute approximate surface area is 180 Å². The number of carbonyl (C=O) groups excluding carboxylic acids is 3. The van der Waals surface area contributed by atoms with E-state index < -0.39 is 29.8 Å². The van der Waals surface area contributed by atoms with Gasteiger partial charge in [-0.3, -0.25) is 14.4 Å². The van der Waals surface area contributed by atoms with Crippen LogP contribution in [0.15, 0.2) is 12.2 Å². The van der Waals surface area contributed by atoms with Crippen molar-refractivity contribution in [1.29, 1.82) is 0 Å². The third kappa shape index (κ3) is 3.50. The molecule has 1 unspecified atom stereocenters. The lowest BCUT2D eigenvalue weighted by Gasteiger charge is -2.58. The molecule has 4 aliphatic rings. The van der Waals surface area contributed by atoms with Crippen LogP contribution in [0, 0.1) is 34.5 Å². The van der Waals surface area contributed by atoms with E-state index in [4.69, 9.17) is 0 Å². The lowest BCUT2D eigenvalue weighted by atomic mass is 9.48. The molecule has 0 aromatic rings. The maximum absolute atomic E-state index is 13.2. The van der Waals surface area contributed by atoms with Crippen molar-refractivity contribution < 1.29 is 27.6 Å². The fourth-order valence-electron chi connectivity index (χ4n) is 7.42. The quantitative estimate of drug-likeness (QED) is 0.705. The summed E-state index contributed by atoms with van der Waals surface area (Å²) in [5.74, 6) is -1.30. The highest BCUT2D eigenvalue weighted by Gasteiger charge is 2.61. The van der Waals surface area contributed by atoms with Gasteiger partial charge >= 0.3 is 6.18 Å². The van der Waals surface area contributed by atoms with Gasteiger partial charge in [-0.1, -0.05) is 19.9 Å². The fraction of sp³-hybridized carbons (Fsp3) is 0.783. The van der Waals surface area contributed by atoms with Crippen LogP contribution in [0.3, 0.4) is 0 Å². The topological polar surface area (TPSA) is 75.3 Å². The molecule has 0 aromatic heterocycles. The van der Waals surface area contributed by atoms with Crippen LogP contribution in [0.2, 0.25) is 0 Å². The van der Waals surface area contributed by atoms with Crippen LogP contribution in [-0.2, 0) is 14.4 Å². The third-order valence-electron chi connectivity index (χ3n) is 9.02. The molecule has 31 heavy (non-hydrogen) atoms. The van der Waals surface area contributed by atoms with E-state index in [-0.39, 0.29) is 28.7 Å². The number of hydrogen-bond acceptors (Lipinski definition) is 3. The number of ketones is 1. The van der Waals surface area contributed by atoms with Crippen molar-refractivity contribution >= 4 is 17.6 Å². The Morgan fingerprint density at radius 1 is 1.13 bits per heavy atom. The van der Waals surface area contributed by atoms with Crippen LogP contribution in [0.4, 0.5) is 13.2 Å². The average molecular weight is 441 g/mol. The van der Waals surface area contributed by atoms with E-state index >= 15 is 0 Å². The first-order valence-corrected chi connectivity index (χ1v) is 11.2. The molecule has 0 radical (unpaired) electrons. The molecule has 0 saturated heterocycles. The molecular weight excluding hydrogens is 409 g/mol. The Hall–Kier alpha value is -1.86. The number of hydrogen-bond donors (Lipinski definition) is 2. The van der Waals surface area contributed by atoms with Gasteiger partial charge in [-0.25, -0.2) is 0 Å². The molecular formula is C23H31F3N2O3. The highest BCUT2D eigenvalue weighted by atomic mass is 19.4. The molecule has 3 fully saturated rings. The zero-order valence-electron chi connectivity index (χ0n) is 18.2. The average Bonchev–Trinajstić information content (AvgIpc) is 3.02. The fourth-order valence-corrected chi connectivity index (χ4v) is 7.42. The number of alkyl halides is 3. The second kappa shape index (κ2) is 7.34. The molecule has 2 amide bonds. The van der Waals surface area contributed by atoms with Crippen LogP contribution in [0.5, 0.6) is 0 Å². The van der Waals surface area contributed by atoms with Gasteiger partial charge in [0, 0.05) is 17.4 Å². The van der Waals surface area contributed by atoms with Crippen LogP contribution < -0.4 is 10.6 Å². The Bertz CT molecular complexity index is 825. The normalized spacial score (nSPS) is 42.6. The van der Waals surface area contributed by atoms with Crippen molar-refractivity contribution in [3.63, 3.8) is 0 Å². The summed E-state index contributed by atoms with van der Waals surface area (Å²) in [7, 11) is 0. The number of nitrogens with one attached hydrogen (secondary N) is 2. The van der Waals surface area contributed by atoms with Crippen molar-refractivity contribution in [3.8, 4) is 0 Å². The molecule has 0 aromatic carbocycles. The molecule has 5 nitrogen and oxygen atoms in total. The minimum atomic E-state index is -4.79. The highest BCUT2D eigenvalue weighted by molar-refractivity contribution is 5.90. The molecule has 2 N–H and O–H groups in total. The minimum absolute atomic E-state index is 0.0520. The Kier molecular flexibility index (Phi) is 5.29. The van der Waals surface area contributed by atoms with Gasteiger partial charge in [0.15, 0.2) is 11.8 Å². The van der Waals surface area contributed by atoms with E-state index in [0.29, 0.717) is 18.3 Å². The smallest absolute Gasteiger partial charge is 0.349 e.